The average molecular weight is 327 g/mol. The molecule has 18 heavy (non-hydrogen) atoms. The summed E-state index contributed by atoms with van der Waals surface area (Å²) in [5, 5.41) is 2.97. The molecule has 0 aromatic heterocycles. The number of rotatable bonds is 2. The number of thiocarbonyl (C=S) groups is 1. The molecule has 9 heteroatoms. The maximum absolute atomic E-state index is 11.3. The van der Waals surface area contributed by atoms with Crippen LogP contribution >= 0.6 is 24.0 Å². The van der Waals surface area contributed by atoms with Gasteiger partial charge < -0.3 is 5.32 Å². The summed E-state index contributed by atoms with van der Waals surface area (Å²) in [6.07, 6.45) is 2.21. The molecule has 0 aromatic carbocycles. The van der Waals surface area contributed by atoms with Crippen molar-refractivity contribution in [3.05, 3.63) is 11.0 Å². The van der Waals surface area contributed by atoms with E-state index in [-0.39, 0.29) is 29.1 Å². The van der Waals surface area contributed by atoms with Crippen LogP contribution in [-0.2, 0) is 19.7 Å². The molecule has 0 unspecified atom stereocenters. The largest absolute Gasteiger partial charge is 0.367 e. The molecule has 2 rings (SSSR count). The summed E-state index contributed by atoms with van der Waals surface area (Å²) in [5.74, 6) is 0.387. The Balaban J connectivity index is 1.84. The molecule has 0 radical (unpaired) electrons. The van der Waals surface area contributed by atoms with Crippen molar-refractivity contribution in [1.29, 1.82) is 0 Å². The Hall–Kier alpha value is -0.120. The van der Waals surface area contributed by atoms with Crippen molar-refractivity contribution in [1.82, 2.24) is 5.32 Å². The number of hydrogen-bond donors (Lipinski definition) is 1. The highest BCUT2D eigenvalue weighted by molar-refractivity contribution is 8.25. The summed E-state index contributed by atoms with van der Waals surface area (Å²) in [6.45, 7) is 0. The lowest BCUT2D eigenvalue weighted by Crippen LogP contribution is -2.32. The average Bonchev–Trinajstić information content (AvgIpc) is 2.69. The Bertz CT molecular complexity index is 590. The predicted molar refractivity (Wildman–Crippen MR) is 77.1 cm³/mol. The zero-order valence-corrected chi connectivity index (χ0v) is 12.7. The lowest BCUT2D eigenvalue weighted by Gasteiger charge is -2.12. The van der Waals surface area contributed by atoms with Gasteiger partial charge in [0.15, 0.2) is 19.7 Å². The lowest BCUT2D eigenvalue weighted by molar-refractivity contribution is 0.599. The summed E-state index contributed by atoms with van der Waals surface area (Å²) in [6, 6.07) is -0.145. The molecule has 1 atom stereocenters. The van der Waals surface area contributed by atoms with Gasteiger partial charge in [0.2, 0.25) is 0 Å². The van der Waals surface area contributed by atoms with Crippen molar-refractivity contribution in [3.8, 4) is 0 Å². The molecule has 1 saturated heterocycles. The minimum absolute atomic E-state index is 0.0302. The minimum atomic E-state index is -2.98. The Morgan fingerprint density at radius 3 is 2.56 bits per heavy atom. The Morgan fingerprint density at radius 1 is 1.33 bits per heavy atom. The van der Waals surface area contributed by atoms with E-state index in [2.05, 4.69) is 5.32 Å². The number of hydrogen-bond acceptors (Lipinski definition) is 6. The second kappa shape index (κ2) is 5.10. The first-order valence-electron chi connectivity index (χ1n) is 5.34. The highest BCUT2D eigenvalue weighted by Crippen LogP contribution is 2.25. The van der Waals surface area contributed by atoms with Gasteiger partial charge >= 0.3 is 0 Å². The molecule has 5 nitrogen and oxygen atoms in total. The van der Waals surface area contributed by atoms with E-state index < -0.39 is 19.7 Å². The van der Waals surface area contributed by atoms with Gasteiger partial charge in [-0.3, -0.25) is 0 Å². The van der Waals surface area contributed by atoms with Crippen LogP contribution in [0.2, 0.25) is 0 Å². The molecule has 0 aromatic rings. The van der Waals surface area contributed by atoms with E-state index in [0.717, 1.165) is 0 Å². The van der Waals surface area contributed by atoms with Crippen molar-refractivity contribution in [2.75, 3.05) is 23.0 Å². The zero-order chi connectivity index (χ0) is 13.4. The van der Waals surface area contributed by atoms with Gasteiger partial charge in [-0.15, -0.1) is 0 Å². The summed E-state index contributed by atoms with van der Waals surface area (Å²) >= 11 is 6.30. The van der Waals surface area contributed by atoms with Crippen LogP contribution in [0.1, 0.15) is 6.42 Å². The first-order valence-corrected chi connectivity index (χ1v) is 10.2. The molecule has 2 aliphatic heterocycles. The first kappa shape index (κ1) is 14.3. The highest BCUT2D eigenvalue weighted by Gasteiger charge is 2.29. The van der Waals surface area contributed by atoms with Gasteiger partial charge in [-0.2, -0.15) is 0 Å². The fourth-order valence-corrected chi connectivity index (χ4v) is 6.65. The van der Waals surface area contributed by atoms with Gasteiger partial charge in [0, 0.05) is 10.9 Å². The molecule has 102 valence electrons. The van der Waals surface area contributed by atoms with Crippen LogP contribution < -0.4 is 5.32 Å². The van der Waals surface area contributed by atoms with E-state index in [1.165, 1.54) is 11.8 Å². The molecule has 2 aliphatic rings. The van der Waals surface area contributed by atoms with Crippen molar-refractivity contribution in [2.45, 2.75) is 12.5 Å². The van der Waals surface area contributed by atoms with Gasteiger partial charge in [-0.05, 0) is 6.42 Å². The summed E-state index contributed by atoms with van der Waals surface area (Å²) in [4.78, 5) is 0.716. The van der Waals surface area contributed by atoms with Gasteiger partial charge in [-0.25, -0.2) is 16.8 Å². The Morgan fingerprint density at radius 2 is 2.06 bits per heavy atom. The quantitative estimate of drug-likeness (QED) is 0.720. The highest BCUT2D eigenvalue weighted by atomic mass is 32.2. The normalized spacial score (nSPS) is 28.9. The molecule has 0 amide bonds. The van der Waals surface area contributed by atoms with Crippen molar-refractivity contribution < 1.29 is 16.8 Å². The third-order valence-corrected chi connectivity index (χ3v) is 7.33. The van der Waals surface area contributed by atoms with E-state index >= 15 is 0 Å². The van der Waals surface area contributed by atoms with Crippen LogP contribution in [0.25, 0.3) is 0 Å². The minimum Gasteiger partial charge on any atom is -0.367 e. The van der Waals surface area contributed by atoms with Gasteiger partial charge in [-0.1, -0.05) is 30.1 Å². The molecule has 0 spiro atoms. The van der Waals surface area contributed by atoms with Crippen molar-refractivity contribution in [3.63, 3.8) is 0 Å². The third-order valence-electron chi connectivity index (χ3n) is 2.71. The van der Waals surface area contributed by atoms with E-state index in [9.17, 15) is 16.8 Å². The molecule has 2 heterocycles. The molecule has 1 fully saturated rings. The Kier molecular flexibility index (Phi) is 4.05. The van der Waals surface area contributed by atoms with Crippen molar-refractivity contribution >= 4 is 48.0 Å². The van der Waals surface area contributed by atoms with Crippen LogP contribution in [0.15, 0.2) is 11.0 Å². The van der Waals surface area contributed by atoms with Crippen LogP contribution in [0, 0.1) is 0 Å². The maximum atomic E-state index is 11.3. The van der Waals surface area contributed by atoms with E-state index in [1.54, 1.807) is 6.08 Å². The molecule has 0 bridgehead atoms. The Labute approximate surface area is 116 Å². The van der Waals surface area contributed by atoms with Gasteiger partial charge in [0.1, 0.15) is 4.32 Å². The van der Waals surface area contributed by atoms with Gasteiger partial charge in [0.25, 0.3) is 0 Å². The van der Waals surface area contributed by atoms with E-state index in [4.69, 9.17) is 12.2 Å². The standard InChI is InChI=1S/C9H13NO4S4/c11-17(12)3-1-7(5-17)10-9(15)16-8-2-4-18(13,14)6-8/h2,7H,1,3-6H2,(H,10,15)/t7-/m1/s1. The summed E-state index contributed by atoms with van der Waals surface area (Å²) in [5.41, 5.74) is 0. The molecule has 1 N–H and O–H groups in total. The number of thioether (sulfide) groups is 1. The first-order chi connectivity index (χ1) is 8.26. The SMILES string of the molecule is O=S1(=O)CC=C(SC(=S)N[C@@H]2CCS(=O)(=O)C2)C1. The fraction of sp³-hybridized carbons (Fsp3) is 0.667. The maximum Gasteiger partial charge on any atom is 0.158 e. The topological polar surface area (TPSA) is 80.3 Å². The van der Waals surface area contributed by atoms with Crippen LogP contribution in [0.3, 0.4) is 0 Å². The third kappa shape index (κ3) is 3.94. The van der Waals surface area contributed by atoms with E-state index in [0.29, 0.717) is 15.6 Å². The zero-order valence-electron chi connectivity index (χ0n) is 9.46. The number of sulfone groups is 2. The second-order valence-electron chi connectivity index (χ2n) is 4.36. The fourth-order valence-electron chi connectivity index (χ4n) is 1.85. The predicted octanol–water partition coefficient (Wildman–Crippen LogP) is 0.0935. The van der Waals surface area contributed by atoms with E-state index in [1.807, 2.05) is 0 Å². The van der Waals surface area contributed by atoms with Crippen LogP contribution in [0.5, 0.6) is 0 Å². The monoisotopic (exact) mass is 327 g/mol. The molecule has 0 aliphatic carbocycles. The van der Waals surface area contributed by atoms with Crippen molar-refractivity contribution in [2.24, 2.45) is 0 Å². The second-order valence-corrected chi connectivity index (χ2v) is 10.5. The lowest BCUT2D eigenvalue weighted by atomic mass is 10.3. The molecular formula is C9H13NO4S4. The summed E-state index contributed by atoms with van der Waals surface area (Å²) < 4.78 is 45.5. The molecule has 0 saturated carbocycles. The van der Waals surface area contributed by atoms with Crippen LogP contribution in [0.4, 0.5) is 0 Å². The number of nitrogens with one attached hydrogen (secondary N) is 1. The summed E-state index contributed by atoms with van der Waals surface area (Å²) in [7, 11) is -5.91. The van der Waals surface area contributed by atoms with Gasteiger partial charge in [0.05, 0.1) is 23.0 Å². The molecular weight excluding hydrogens is 314 g/mol. The smallest absolute Gasteiger partial charge is 0.158 e. The van der Waals surface area contributed by atoms with Crippen LogP contribution in [-0.4, -0.2) is 50.2 Å².